The van der Waals surface area contributed by atoms with Gasteiger partial charge < -0.3 is 19.9 Å². The SMILES string of the molecule is CCOc1ccc(NC(=O)[C@H]2[C@@H](C(=O)O)[C@H]3CC[C@H]2O3)cc1. The molecule has 2 heterocycles. The molecule has 3 rings (SSSR count). The van der Waals surface area contributed by atoms with Crippen LogP contribution in [0.15, 0.2) is 24.3 Å². The van der Waals surface area contributed by atoms with Gasteiger partial charge in [0.1, 0.15) is 5.75 Å². The summed E-state index contributed by atoms with van der Waals surface area (Å²) in [6, 6.07) is 7.02. The van der Waals surface area contributed by atoms with Crippen LogP contribution in [0.4, 0.5) is 5.69 Å². The summed E-state index contributed by atoms with van der Waals surface area (Å²) in [6.45, 7) is 2.48. The van der Waals surface area contributed by atoms with Gasteiger partial charge in [0.25, 0.3) is 0 Å². The number of nitrogens with one attached hydrogen (secondary N) is 1. The standard InChI is InChI=1S/C16H19NO5/c1-2-21-10-5-3-9(4-6-10)17-15(18)13-11-7-8-12(22-11)14(13)16(19)20/h3-6,11-14H,2,7-8H2,1H3,(H,17,18)(H,19,20)/t11-,12-,13-,14+/m1/s1. The van der Waals surface area contributed by atoms with E-state index in [1.165, 1.54) is 0 Å². The molecule has 1 aromatic rings. The van der Waals surface area contributed by atoms with Crippen molar-refractivity contribution in [1.82, 2.24) is 0 Å². The predicted molar refractivity (Wildman–Crippen MR) is 78.8 cm³/mol. The molecular formula is C16H19NO5. The first-order valence-corrected chi connectivity index (χ1v) is 7.52. The van der Waals surface area contributed by atoms with E-state index >= 15 is 0 Å². The number of carboxylic acid groups (broad SMARTS) is 1. The second-order valence-corrected chi connectivity index (χ2v) is 5.63. The topological polar surface area (TPSA) is 84.9 Å². The van der Waals surface area contributed by atoms with Crippen molar-refractivity contribution in [3.05, 3.63) is 24.3 Å². The van der Waals surface area contributed by atoms with Gasteiger partial charge in [-0.1, -0.05) is 0 Å². The normalized spacial score (nSPS) is 29.3. The second-order valence-electron chi connectivity index (χ2n) is 5.63. The van der Waals surface area contributed by atoms with Crippen molar-refractivity contribution in [2.75, 3.05) is 11.9 Å². The molecule has 6 heteroatoms. The van der Waals surface area contributed by atoms with Crippen LogP contribution in [0.25, 0.3) is 0 Å². The van der Waals surface area contributed by atoms with Crippen LogP contribution in [0.2, 0.25) is 0 Å². The lowest BCUT2D eigenvalue weighted by molar-refractivity contribution is -0.147. The van der Waals surface area contributed by atoms with Crippen LogP contribution in [0.1, 0.15) is 19.8 Å². The van der Waals surface area contributed by atoms with Crippen LogP contribution in [-0.4, -0.2) is 35.8 Å². The quantitative estimate of drug-likeness (QED) is 0.868. The van der Waals surface area contributed by atoms with Crippen LogP contribution >= 0.6 is 0 Å². The fraction of sp³-hybridized carbons (Fsp3) is 0.500. The first-order chi connectivity index (χ1) is 10.6. The number of ether oxygens (including phenoxy) is 2. The van der Waals surface area contributed by atoms with Crippen LogP contribution in [0.3, 0.4) is 0 Å². The summed E-state index contributed by atoms with van der Waals surface area (Å²) in [5, 5.41) is 12.1. The van der Waals surface area contributed by atoms with Crippen LogP contribution < -0.4 is 10.1 Å². The molecule has 22 heavy (non-hydrogen) atoms. The zero-order valence-electron chi connectivity index (χ0n) is 12.3. The number of carbonyl (C=O) groups is 2. The van der Waals surface area contributed by atoms with Gasteiger partial charge in [-0.2, -0.15) is 0 Å². The van der Waals surface area contributed by atoms with Crippen molar-refractivity contribution < 1.29 is 24.2 Å². The first-order valence-electron chi connectivity index (χ1n) is 7.52. The molecule has 0 saturated carbocycles. The minimum Gasteiger partial charge on any atom is -0.494 e. The van der Waals surface area contributed by atoms with Gasteiger partial charge in [0, 0.05) is 5.69 Å². The van der Waals surface area contributed by atoms with E-state index in [9.17, 15) is 14.7 Å². The molecule has 1 aromatic carbocycles. The molecule has 2 saturated heterocycles. The van der Waals surface area contributed by atoms with Crippen molar-refractivity contribution in [3.8, 4) is 5.75 Å². The molecule has 0 radical (unpaired) electrons. The summed E-state index contributed by atoms with van der Waals surface area (Å²) in [5.41, 5.74) is 0.625. The van der Waals surface area contributed by atoms with E-state index < -0.39 is 17.8 Å². The monoisotopic (exact) mass is 305 g/mol. The summed E-state index contributed by atoms with van der Waals surface area (Å²) < 4.78 is 11.0. The Kier molecular flexibility index (Phi) is 4.02. The third-order valence-electron chi connectivity index (χ3n) is 4.29. The van der Waals surface area contributed by atoms with Gasteiger partial charge in [0.2, 0.25) is 5.91 Å². The Morgan fingerprint density at radius 1 is 1.23 bits per heavy atom. The van der Waals surface area contributed by atoms with Crippen LogP contribution in [-0.2, 0) is 14.3 Å². The minimum absolute atomic E-state index is 0.284. The van der Waals surface area contributed by atoms with Gasteiger partial charge in [-0.25, -0.2) is 0 Å². The fourth-order valence-electron chi connectivity index (χ4n) is 3.35. The summed E-state index contributed by atoms with van der Waals surface area (Å²) in [4.78, 5) is 23.8. The van der Waals surface area contributed by atoms with Gasteiger partial charge >= 0.3 is 5.97 Å². The maximum absolute atomic E-state index is 12.4. The van der Waals surface area contributed by atoms with Gasteiger partial charge in [-0.05, 0) is 44.0 Å². The van der Waals surface area contributed by atoms with E-state index in [2.05, 4.69) is 5.32 Å². The summed E-state index contributed by atoms with van der Waals surface area (Å²) in [6.07, 6.45) is 0.844. The van der Waals surface area contributed by atoms with Crippen molar-refractivity contribution in [2.24, 2.45) is 11.8 Å². The second kappa shape index (κ2) is 5.96. The highest BCUT2D eigenvalue weighted by Crippen LogP contribution is 2.44. The van der Waals surface area contributed by atoms with Crippen LogP contribution in [0, 0.1) is 11.8 Å². The lowest BCUT2D eigenvalue weighted by atomic mass is 9.78. The zero-order chi connectivity index (χ0) is 15.7. The number of rotatable bonds is 5. The minimum atomic E-state index is -0.959. The summed E-state index contributed by atoms with van der Waals surface area (Å²) >= 11 is 0. The number of carbonyl (C=O) groups excluding carboxylic acids is 1. The maximum Gasteiger partial charge on any atom is 0.310 e. The van der Waals surface area contributed by atoms with Gasteiger partial charge in [0.05, 0.1) is 30.7 Å². The van der Waals surface area contributed by atoms with E-state index in [1.807, 2.05) is 6.92 Å². The van der Waals surface area contributed by atoms with Gasteiger partial charge in [0.15, 0.2) is 0 Å². The highest BCUT2D eigenvalue weighted by atomic mass is 16.5. The van der Waals surface area contributed by atoms with Gasteiger partial charge in [-0.3, -0.25) is 9.59 Å². The number of fused-ring (bicyclic) bond motifs is 2. The predicted octanol–water partition coefficient (Wildman–Crippen LogP) is 1.90. The molecule has 0 aromatic heterocycles. The van der Waals surface area contributed by atoms with Crippen molar-refractivity contribution in [3.63, 3.8) is 0 Å². The smallest absolute Gasteiger partial charge is 0.310 e. The number of anilines is 1. The summed E-state index contributed by atoms with van der Waals surface area (Å²) in [7, 11) is 0. The maximum atomic E-state index is 12.4. The first kappa shape index (κ1) is 14.8. The molecule has 118 valence electrons. The molecule has 2 bridgehead atoms. The van der Waals surface area contributed by atoms with E-state index in [1.54, 1.807) is 24.3 Å². The molecule has 0 aliphatic carbocycles. The van der Waals surface area contributed by atoms with Crippen molar-refractivity contribution in [2.45, 2.75) is 32.0 Å². The number of carboxylic acids is 1. The Bertz CT molecular complexity index is 570. The van der Waals surface area contributed by atoms with E-state index in [0.717, 1.165) is 12.2 Å². The van der Waals surface area contributed by atoms with Crippen molar-refractivity contribution >= 4 is 17.6 Å². The summed E-state index contributed by atoms with van der Waals surface area (Å²) in [5.74, 6) is -1.89. The van der Waals surface area contributed by atoms with Crippen molar-refractivity contribution in [1.29, 1.82) is 0 Å². The van der Waals surface area contributed by atoms with E-state index in [-0.39, 0.29) is 18.1 Å². The Morgan fingerprint density at radius 2 is 1.86 bits per heavy atom. The average Bonchev–Trinajstić information content (AvgIpc) is 3.10. The number of hydrogen-bond donors (Lipinski definition) is 2. The Hall–Kier alpha value is -2.08. The highest BCUT2D eigenvalue weighted by Gasteiger charge is 2.55. The molecule has 2 aliphatic heterocycles. The average molecular weight is 305 g/mol. The van der Waals surface area contributed by atoms with E-state index in [0.29, 0.717) is 18.7 Å². The van der Waals surface area contributed by atoms with Crippen LogP contribution in [0.5, 0.6) is 5.75 Å². The molecular weight excluding hydrogens is 286 g/mol. The molecule has 6 nitrogen and oxygen atoms in total. The number of aliphatic carboxylic acids is 1. The molecule has 2 N–H and O–H groups in total. The van der Waals surface area contributed by atoms with Gasteiger partial charge in [-0.15, -0.1) is 0 Å². The largest absolute Gasteiger partial charge is 0.494 e. The number of benzene rings is 1. The Labute approximate surface area is 128 Å². The lowest BCUT2D eigenvalue weighted by Crippen LogP contribution is -2.40. The fourth-order valence-corrected chi connectivity index (χ4v) is 3.35. The molecule has 2 aliphatic rings. The van der Waals surface area contributed by atoms with E-state index in [4.69, 9.17) is 9.47 Å². The third kappa shape index (κ3) is 2.66. The Morgan fingerprint density at radius 3 is 2.45 bits per heavy atom. The zero-order valence-corrected chi connectivity index (χ0v) is 12.3. The molecule has 4 atom stereocenters. The molecule has 1 amide bonds. The molecule has 2 fully saturated rings. The molecule has 0 unspecified atom stereocenters. The highest BCUT2D eigenvalue weighted by molar-refractivity contribution is 5.96. The third-order valence-corrected chi connectivity index (χ3v) is 4.29. The molecule has 0 spiro atoms. The number of amides is 1. The number of hydrogen-bond acceptors (Lipinski definition) is 4. The lowest BCUT2D eigenvalue weighted by Gasteiger charge is -2.23. The Balaban J connectivity index is 1.69.